The van der Waals surface area contributed by atoms with E-state index in [0.717, 1.165) is 6.07 Å². The lowest BCUT2D eigenvalue weighted by Gasteiger charge is -2.24. The van der Waals surface area contributed by atoms with Crippen molar-refractivity contribution in [3.63, 3.8) is 0 Å². The fraction of sp³-hybridized carbons (Fsp3) is 0.375. The van der Waals surface area contributed by atoms with Crippen LogP contribution in [0, 0.1) is 11.6 Å². The second-order valence-corrected chi connectivity index (χ2v) is 4.21. The summed E-state index contributed by atoms with van der Waals surface area (Å²) in [5, 5.41) is 0.332. The molecule has 0 spiro atoms. The zero-order valence-corrected chi connectivity index (χ0v) is 7.98. The van der Waals surface area contributed by atoms with E-state index in [9.17, 15) is 8.78 Å². The molecule has 1 aromatic heterocycles. The molecule has 0 aliphatic carbocycles. The molecule has 0 atom stereocenters. The number of aromatic nitrogens is 1. The van der Waals surface area contributed by atoms with Gasteiger partial charge >= 0.3 is 0 Å². The molecule has 76 valence electrons. The number of nitrogens with two attached hydrogens (primary N) is 1. The lowest BCUT2D eigenvalue weighted by molar-refractivity contribution is 0.0454. The summed E-state index contributed by atoms with van der Waals surface area (Å²) >= 11 is 1.22. The second kappa shape index (κ2) is 3.70. The minimum Gasteiger partial charge on any atom is -0.381 e. The van der Waals surface area contributed by atoms with Crippen LogP contribution in [0.4, 0.5) is 14.6 Å². The second-order valence-electron chi connectivity index (χ2n) is 2.92. The number of anilines is 1. The van der Waals surface area contributed by atoms with Gasteiger partial charge in [-0.25, -0.2) is 13.8 Å². The molecule has 3 nitrogen and oxygen atoms in total. The van der Waals surface area contributed by atoms with Gasteiger partial charge in [0.15, 0.2) is 17.5 Å². The number of thioether (sulfide) groups is 1. The topological polar surface area (TPSA) is 48.1 Å². The van der Waals surface area contributed by atoms with Gasteiger partial charge in [-0.2, -0.15) is 0 Å². The van der Waals surface area contributed by atoms with E-state index in [-0.39, 0.29) is 16.1 Å². The van der Waals surface area contributed by atoms with E-state index in [2.05, 4.69) is 4.98 Å². The molecular formula is C8H8F2N2OS. The van der Waals surface area contributed by atoms with Gasteiger partial charge < -0.3 is 10.5 Å². The van der Waals surface area contributed by atoms with E-state index in [0.29, 0.717) is 13.2 Å². The summed E-state index contributed by atoms with van der Waals surface area (Å²) in [5.41, 5.74) is 5.23. The standard InChI is InChI=1S/C8H8F2N2OS/c9-5-1-6(10)8(12-7(5)11)14-4-2-13-3-4/h1,4H,2-3H2,(H2,11,12). The maximum Gasteiger partial charge on any atom is 0.168 e. The first-order valence-electron chi connectivity index (χ1n) is 4.02. The predicted octanol–water partition coefficient (Wildman–Crippen LogP) is 1.43. The van der Waals surface area contributed by atoms with Crippen LogP contribution < -0.4 is 5.73 Å². The van der Waals surface area contributed by atoms with Crippen molar-refractivity contribution in [1.82, 2.24) is 4.98 Å². The summed E-state index contributed by atoms with van der Waals surface area (Å²) < 4.78 is 30.8. The Hall–Kier alpha value is -0.880. The Balaban J connectivity index is 2.19. The van der Waals surface area contributed by atoms with E-state index in [4.69, 9.17) is 10.5 Å². The van der Waals surface area contributed by atoms with Crippen molar-refractivity contribution < 1.29 is 13.5 Å². The van der Waals surface area contributed by atoms with Gasteiger partial charge in [0, 0.05) is 6.07 Å². The van der Waals surface area contributed by atoms with Gasteiger partial charge in [0.2, 0.25) is 0 Å². The van der Waals surface area contributed by atoms with Gasteiger partial charge in [-0.15, -0.1) is 0 Å². The minimum atomic E-state index is -0.822. The summed E-state index contributed by atoms with van der Waals surface area (Å²) in [6.07, 6.45) is 0. The van der Waals surface area contributed by atoms with Crippen molar-refractivity contribution in [3.05, 3.63) is 17.7 Å². The molecule has 2 heterocycles. The van der Waals surface area contributed by atoms with Gasteiger partial charge in [0.25, 0.3) is 0 Å². The van der Waals surface area contributed by atoms with E-state index in [1.54, 1.807) is 0 Å². The fourth-order valence-electron chi connectivity index (χ4n) is 0.986. The van der Waals surface area contributed by atoms with E-state index < -0.39 is 11.6 Å². The first-order valence-corrected chi connectivity index (χ1v) is 4.90. The average Bonchev–Trinajstić information content (AvgIpc) is 2.06. The first-order chi connectivity index (χ1) is 6.66. The first kappa shape index (κ1) is 9.67. The van der Waals surface area contributed by atoms with Crippen LogP contribution in [-0.4, -0.2) is 23.4 Å². The molecule has 0 unspecified atom stereocenters. The highest BCUT2D eigenvalue weighted by atomic mass is 32.2. The van der Waals surface area contributed by atoms with Crippen LogP contribution in [0.5, 0.6) is 0 Å². The third kappa shape index (κ3) is 1.80. The molecule has 1 aromatic rings. The van der Waals surface area contributed by atoms with Crippen LogP contribution in [0.25, 0.3) is 0 Å². The van der Waals surface area contributed by atoms with Gasteiger partial charge in [-0.3, -0.25) is 0 Å². The smallest absolute Gasteiger partial charge is 0.168 e. The molecule has 2 N–H and O–H groups in total. The van der Waals surface area contributed by atoms with Crippen molar-refractivity contribution in [2.45, 2.75) is 10.3 Å². The molecule has 1 saturated heterocycles. The third-order valence-corrected chi connectivity index (χ3v) is 2.93. The van der Waals surface area contributed by atoms with E-state index >= 15 is 0 Å². The van der Waals surface area contributed by atoms with Crippen LogP contribution in [0.3, 0.4) is 0 Å². The predicted molar refractivity (Wildman–Crippen MR) is 49.0 cm³/mol. The largest absolute Gasteiger partial charge is 0.381 e. The summed E-state index contributed by atoms with van der Waals surface area (Å²) in [4.78, 5) is 3.63. The molecule has 1 aliphatic heterocycles. The highest BCUT2D eigenvalue weighted by molar-refractivity contribution is 8.00. The molecule has 0 amide bonds. The highest BCUT2D eigenvalue weighted by Crippen LogP contribution is 2.29. The Kier molecular flexibility index (Phi) is 2.56. The quantitative estimate of drug-likeness (QED) is 0.815. The molecule has 1 fully saturated rings. The van der Waals surface area contributed by atoms with Crippen LogP contribution in [0.2, 0.25) is 0 Å². The van der Waals surface area contributed by atoms with Gasteiger partial charge in [-0.05, 0) is 0 Å². The lowest BCUT2D eigenvalue weighted by atomic mass is 10.4. The van der Waals surface area contributed by atoms with Crippen LogP contribution in [0.15, 0.2) is 11.1 Å². The number of ether oxygens (including phenoxy) is 1. The van der Waals surface area contributed by atoms with Crippen LogP contribution in [0.1, 0.15) is 0 Å². The number of hydrogen-bond donors (Lipinski definition) is 1. The van der Waals surface area contributed by atoms with E-state index in [1.807, 2.05) is 0 Å². The Morgan fingerprint density at radius 3 is 2.71 bits per heavy atom. The summed E-state index contributed by atoms with van der Waals surface area (Å²) in [6, 6.07) is 0.754. The number of nitrogens with zero attached hydrogens (tertiary/aromatic N) is 1. The molecule has 0 aromatic carbocycles. The summed E-state index contributed by atoms with van der Waals surface area (Å²) in [6.45, 7) is 1.14. The Labute approximate surface area is 83.6 Å². The molecule has 0 saturated carbocycles. The normalized spacial score (nSPS) is 16.7. The van der Waals surface area contributed by atoms with Crippen LogP contribution in [-0.2, 0) is 4.74 Å². The Morgan fingerprint density at radius 2 is 2.14 bits per heavy atom. The SMILES string of the molecule is Nc1nc(SC2COC2)c(F)cc1F. The van der Waals surface area contributed by atoms with Gasteiger partial charge in [-0.1, -0.05) is 11.8 Å². The molecule has 14 heavy (non-hydrogen) atoms. The molecule has 0 radical (unpaired) electrons. The number of hydrogen-bond acceptors (Lipinski definition) is 4. The fourth-order valence-corrected chi connectivity index (χ4v) is 1.95. The summed E-state index contributed by atoms with van der Waals surface area (Å²) in [5.74, 6) is -1.76. The van der Waals surface area contributed by atoms with Crippen molar-refractivity contribution >= 4 is 17.6 Å². The number of rotatable bonds is 2. The molecule has 6 heteroatoms. The Bertz CT molecular complexity index is 357. The lowest BCUT2D eigenvalue weighted by Crippen LogP contribution is -2.30. The maximum absolute atomic E-state index is 13.1. The Morgan fingerprint density at radius 1 is 1.43 bits per heavy atom. The van der Waals surface area contributed by atoms with Crippen molar-refractivity contribution in [3.8, 4) is 0 Å². The monoisotopic (exact) mass is 218 g/mol. The molecule has 1 aliphatic rings. The van der Waals surface area contributed by atoms with Crippen molar-refractivity contribution in [2.24, 2.45) is 0 Å². The zero-order chi connectivity index (χ0) is 10.1. The molecule has 2 rings (SSSR count). The number of pyridine rings is 1. The van der Waals surface area contributed by atoms with Crippen molar-refractivity contribution in [1.29, 1.82) is 0 Å². The third-order valence-electron chi connectivity index (χ3n) is 1.81. The number of halogens is 2. The van der Waals surface area contributed by atoms with Gasteiger partial charge in [0.05, 0.1) is 18.5 Å². The van der Waals surface area contributed by atoms with Crippen LogP contribution >= 0.6 is 11.8 Å². The number of nitrogen functional groups attached to an aromatic ring is 1. The zero-order valence-electron chi connectivity index (χ0n) is 7.17. The highest BCUT2D eigenvalue weighted by Gasteiger charge is 2.22. The molecule has 0 bridgehead atoms. The summed E-state index contributed by atoms with van der Waals surface area (Å²) in [7, 11) is 0. The minimum absolute atomic E-state index is 0.136. The van der Waals surface area contributed by atoms with E-state index in [1.165, 1.54) is 11.8 Å². The molecular weight excluding hydrogens is 210 g/mol. The average molecular weight is 218 g/mol. The van der Waals surface area contributed by atoms with Gasteiger partial charge in [0.1, 0.15) is 5.03 Å². The maximum atomic E-state index is 13.1. The van der Waals surface area contributed by atoms with Crippen molar-refractivity contribution in [2.75, 3.05) is 18.9 Å².